The second kappa shape index (κ2) is 4.08. The highest BCUT2D eigenvalue weighted by atomic mass is 79.9. The fraction of sp³-hybridized carbons (Fsp3) is 0.333. The van der Waals surface area contributed by atoms with Gasteiger partial charge in [0.05, 0.1) is 0 Å². The van der Waals surface area contributed by atoms with E-state index in [4.69, 9.17) is 11.6 Å². The fourth-order valence-corrected chi connectivity index (χ4v) is 2.05. The summed E-state index contributed by atoms with van der Waals surface area (Å²) in [5.41, 5.74) is 1.71. The molecular formula is C12H12BrCl. The molecular weight excluding hydrogens is 259 g/mol. The highest BCUT2D eigenvalue weighted by Gasteiger charge is 2.41. The van der Waals surface area contributed by atoms with Crippen molar-refractivity contribution in [3.8, 4) is 0 Å². The number of rotatable bonds is 3. The maximum absolute atomic E-state index is 5.86. The number of halogens is 2. The number of hydrogen-bond donors (Lipinski definition) is 0. The summed E-state index contributed by atoms with van der Waals surface area (Å²) >= 11 is 9.27. The molecule has 0 spiro atoms. The van der Waals surface area contributed by atoms with Gasteiger partial charge in [-0.25, -0.2) is 0 Å². The first-order chi connectivity index (χ1) is 6.77. The number of allylic oxidation sites excluding steroid dienone is 2. The van der Waals surface area contributed by atoms with Gasteiger partial charge in [-0.2, -0.15) is 0 Å². The van der Waals surface area contributed by atoms with E-state index in [9.17, 15) is 0 Å². The monoisotopic (exact) mass is 270 g/mol. The van der Waals surface area contributed by atoms with Crippen LogP contribution in [-0.4, -0.2) is 5.33 Å². The van der Waals surface area contributed by atoms with E-state index in [1.54, 1.807) is 0 Å². The largest absolute Gasteiger partial charge is 0.0883 e. The van der Waals surface area contributed by atoms with Crippen molar-refractivity contribution in [1.29, 1.82) is 0 Å². The summed E-state index contributed by atoms with van der Waals surface area (Å²) in [5, 5.41) is 1.75. The van der Waals surface area contributed by atoms with Crippen LogP contribution in [0.5, 0.6) is 0 Å². The summed E-state index contributed by atoms with van der Waals surface area (Å²) in [6.45, 7) is 0. The summed E-state index contributed by atoms with van der Waals surface area (Å²) in [6, 6.07) is 8.21. The van der Waals surface area contributed by atoms with Crippen LogP contribution in [0.2, 0.25) is 5.02 Å². The average molecular weight is 272 g/mol. The summed E-state index contributed by atoms with van der Waals surface area (Å²) in [6.07, 6.45) is 7.02. The van der Waals surface area contributed by atoms with E-state index in [0.29, 0.717) is 5.41 Å². The Labute approximate surface area is 98.1 Å². The summed E-state index contributed by atoms with van der Waals surface area (Å²) < 4.78 is 0. The quantitative estimate of drug-likeness (QED) is 0.567. The van der Waals surface area contributed by atoms with Crippen LogP contribution in [-0.2, 0) is 5.41 Å². The van der Waals surface area contributed by atoms with E-state index < -0.39 is 0 Å². The van der Waals surface area contributed by atoms with Crippen LogP contribution in [0.1, 0.15) is 18.4 Å². The Kier molecular flexibility index (Phi) is 2.99. The lowest BCUT2D eigenvalue weighted by Gasteiger charge is -2.10. The minimum absolute atomic E-state index is 0.318. The summed E-state index contributed by atoms with van der Waals surface area (Å²) in [4.78, 5) is 0. The molecule has 0 N–H and O–H groups in total. The van der Waals surface area contributed by atoms with Gasteiger partial charge in [0.25, 0.3) is 0 Å². The van der Waals surface area contributed by atoms with Crippen LogP contribution in [0.4, 0.5) is 0 Å². The van der Waals surface area contributed by atoms with Crippen molar-refractivity contribution in [2.24, 2.45) is 0 Å². The molecule has 0 nitrogen and oxygen atoms in total. The first kappa shape index (κ1) is 10.3. The zero-order valence-corrected chi connectivity index (χ0v) is 10.2. The molecule has 1 fully saturated rings. The molecule has 1 aromatic carbocycles. The van der Waals surface area contributed by atoms with E-state index >= 15 is 0 Å². The SMILES string of the molecule is Clc1ccc(C2(/C=C/CBr)CC2)cc1. The lowest BCUT2D eigenvalue weighted by Crippen LogP contribution is -2.01. The van der Waals surface area contributed by atoms with Gasteiger partial charge in [0, 0.05) is 15.8 Å². The van der Waals surface area contributed by atoms with Gasteiger partial charge in [-0.05, 0) is 30.5 Å². The standard InChI is InChI=1S/C12H12BrCl/c13-9-1-6-12(7-8-12)10-2-4-11(14)5-3-10/h1-6H,7-9H2/b6-1+. The minimum Gasteiger partial charge on any atom is -0.0883 e. The third-order valence-electron chi connectivity index (χ3n) is 2.73. The first-order valence-electron chi connectivity index (χ1n) is 4.76. The van der Waals surface area contributed by atoms with Crippen molar-refractivity contribution in [3.05, 3.63) is 47.0 Å². The molecule has 0 bridgehead atoms. The Morgan fingerprint density at radius 2 is 1.93 bits per heavy atom. The minimum atomic E-state index is 0.318. The molecule has 0 aliphatic heterocycles. The smallest absolute Gasteiger partial charge is 0.0406 e. The molecule has 1 saturated carbocycles. The Bertz CT molecular complexity index is 336. The second-order valence-corrected chi connectivity index (χ2v) is 4.80. The molecule has 2 heteroatoms. The zero-order valence-electron chi connectivity index (χ0n) is 7.84. The van der Waals surface area contributed by atoms with Crippen LogP contribution in [0.25, 0.3) is 0 Å². The van der Waals surface area contributed by atoms with Crippen molar-refractivity contribution < 1.29 is 0 Å². The maximum atomic E-state index is 5.86. The first-order valence-corrected chi connectivity index (χ1v) is 6.26. The highest BCUT2D eigenvalue weighted by Crippen LogP contribution is 2.49. The molecule has 0 saturated heterocycles. The average Bonchev–Trinajstić information content (AvgIpc) is 2.97. The number of hydrogen-bond acceptors (Lipinski definition) is 0. The van der Waals surface area contributed by atoms with Crippen molar-refractivity contribution in [3.63, 3.8) is 0 Å². The van der Waals surface area contributed by atoms with Gasteiger partial charge in [-0.3, -0.25) is 0 Å². The molecule has 0 aromatic heterocycles. The molecule has 1 aromatic rings. The summed E-state index contributed by atoms with van der Waals surface area (Å²) in [7, 11) is 0. The van der Waals surface area contributed by atoms with Gasteiger partial charge in [0.1, 0.15) is 0 Å². The molecule has 1 aliphatic carbocycles. The van der Waals surface area contributed by atoms with Gasteiger partial charge in [-0.15, -0.1) is 0 Å². The fourth-order valence-electron chi connectivity index (χ4n) is 1.74. The van der Waals surface area contributed by atoms with Crippen LogP contribution >= 0.6 is 27.5 Å². The Balaban J connectivity index is 2.22. The van der Waals surface area contributed by atoms with Gasteiger partial charge in [-0.1, -0.05) is 51.8 Å². The topological polar surface area (TPSA) is 0 Å². The van der Waals surface area contributed by atoms with E-state index in [-0.39, 0.29) is 0 Å². The van der Waals surface area contributed by atoms with Gasteiger partial charge in [0.15, 0.2) is 0 Å². The van der Waals surface area contributed by atoms with Crippen LogP contribution in [0, 0.1) is 0 Å². The van der Waals surface area contributed by atoms with Crippen molar-refractivity contribution in [2.75, 3.05) is 5.33 Å². The van der Waals surface area contributed by atoms with E-state index in [0.717, 1.165) is 10.4 Å². The zero-order chi connectivity index (χ0) is 10.0. The maximum Gasteiger partial charge on any atom is 0.0406 e. The molecule has 14 heavy (non-hydrogen) atoms. The molecule has 0 atom stereocenters. The molecule has 0 unspecified atom stereocenters. The number of alkyl halides is 1. The van der Waals surface area contributed by atoms with Gasteiger partial charge >= 0.3 is 0 Å². The van der Waals surface area contributed by atoms with Crippen LogP contribution in [0.3, 0.4) is 0 Å². The predicted octanol–water partition coefficient (Wildman–Crippen LogP) is 4.32. The van der Waals surface area contributed by atoms with E-state index in [1.165, 1.54) is 18.4 Å². The predicted molar refractivity (Wildman–Crippen MR) is 65.3 cm³/mol. The molecule has 0 heterocycles. The highest BCUT2D eigenvalue weighted by molar-refractivity contribution is 9.09. The Hall–Kier alpha value is -0.270. The van der Waals surface area contributed by atoms with Crippen LogP contribution < -0.4 is 0 Å². The molecule has 2 rings (SSSR count). The lowest BCUT2D eigenvalue weighted by atomic mass is 9.96. The van der Waals surface area contributed by atoms with Gasteiger partial charge in [0.2, 0.25) is 0 Å². The second-order valence-electron chi connectivity index (χ2n) is 3.72. The third kappa shape index (κ3) is 2.04. The Morgan fingerprint density at radius 3 is 2.43 bits per heavy atom. The van der Waals surface area contributed by atoms with Crippen LogP contribution in [0.15, 0.2) is 36.4 Å². The van der Waals surface area contributed by atoms with E-state index in [2.05, 4.69) is 40.2 Å². The van der Waals surface area contributed by atoms with Crippen molar-refractivity contribution in [1.82, 2.24) is 0 Å². The molecule has 1 aliphatic rings. The lowest BCUT2D eigenvalue weighted by molar-refractivity contribution is 0.890. The third-order valence-corrected chi connectivity index (χ3v) is 3.36. The van der Waals surface area contributed by atoms with Crippen molar-refractivity contribution in [2.45, 2.75) is 18.3 Å². The molecule has 0 radical (unpaired) electrons. The van der Waals surface area contributed by atoms with E-state index in [1.807, 2.05) is 12.1 Å². The normalized spacial score (nSPS) is 18.7. The summed E-state index contributed by atoms with van der Waals surface area (Å²) in [5.74, 6) is 0. The molecule has 0 amide bonds. The van der Waals surface area contributed by atoms with Crippen molar-refractivity contribution >= 4 is 27.5 Å². The molecule has 74 valence electrons. The number of benzene rings is 1. The Morgan fingerprint density at radius 1 is 1.29 bits per heavy atom. The van der Waals surface area contributed by atoms with Gasteiger partial charge < -0.3 is 0 Å².